The van der Waals surface area contributed by atoms with Gasteiger partial charge in [0.15, 0.2) is 0 Å². The fourth-order valence-corrected chi connectivity index (χ4v) is 1.66. The summed E-state index contributed by atoms with van der Waals surface area (Å²) in [5.74, 6) is 6.94. The van der Waals surface area contributed by atoms with Gasteiger partial charge in [-0.05, 0) is 31.0 Å². The van der Waals surface area contributed by atoms with E-state index in [1.54, 1.807) is 7.11 Å². The van der Waals surface area contributed by atoms with Gasteiger partial charge in [0.1, 0.15) is 5.75 Å². The lowest BCUT2D eigenvalue weighted by atomic mass is 10.1. The first-order valence-corrected chi connectivity index (χ1v) is 6.62. The molecule has 106 valence electrons. The number of nitrogens with zero attached hydrogens (tertiary/aromatic N) is 1. The molecule has 19 heavy (non-hydrogen) atoms. The Morgan fingerprint density at radius 3 is 2.58 bits per heavy atom. The average Bonchev–Trinajstić information content (AvgIpc) is 2.46. The summed E-state index contributed by atoms with van der Waals surface area (Å²) >= 11 is 0. The summed E-state index contributed by atoms with van der Waals surface area (Å²) in [6.45, 7) is 4.98. The fourth-order valence-electron chi connectivity index (χ4n) is 1.66. The van der Waals surface area contributed by atoms with Crippen LogP contribution in [0.3, 0.4) is 0 Å². The summed E-state index contributed by atoms with van der Waals surface area (Å²) in [6.07, 6.45) is 2.18. The lowest BCUT2D eigenvalue weighted by Gasteiger charge is -2.17. The zero-order valence-electron chi connectivity index (χ0n) is 11.9. The molecule has 1 rings (SSSR count). The first-order chi connectivity index (χ1) is 9.21. The predicted molar refractivity (Wildman–Crippen MR) is 79.1 cm³/mol. The van der Waals surface area contributed by atoms with E-state index in [0.717, 1.165) is 30.7 Å². The highest BCUT2D eigenvalue weighted by atomic mass is 16.5. The number of hydrogen-bond donors (Lipinski definition) is 3. The van der Waals surface area contributed by atoms with E-state index in [2.05, 4.69) is 29.6 Å². The van der Waals surface area contributed by atoms with E-state index < -0.39 is 0 Å². The van der Waals surface area contributed by atoms with Gasteiger partial charge >= 0.3 is 0 Å². The number of nitrogens with one attached hydrogen (secondary N) is 2. The van der Waals surface area contributed by atoms with Crippen molar-refractivity contribution < 1.29 is 4.74 Å². The van der Waals surface area contributed by atoms with Crippen molar-refractivity contribution in [1.82, 2.24) is 10.7 Å². The minimum absolute atomic E-state index is 0.127. The highest BCUT2D eigenvalue weighted by Crippen LogP contribution is 2.16. The lowest BCUT2D eigenvalue weighted by Crippen LogP contribution is -2.42. The molecule has 0 bridgehead atoms. The summed E-state index contributed by atoms with van der Waals surface area (Å²) in [6, 6.07) is 8.06. The Kier molecular flexibility index (Phi) is 6.74. The van der Waals surface area contributed by atoms with Crippen molar-refractivity contribution in [3.8, 4) is 5.75 Å². The van der Waals surface area contributed by atoms with E-state index in [1.807, 2.05) is 24.3 Å². The molecule has 0 aliphatic carbocycles. The van der Waals surface area contributed by atoms with Gasteiger partial charge in [-0.3, -0.25) is 10.4 Å². The standard InChI is InChI=1S/C14H24N4O/c1-4-5-10-16-14(18-15)17-11(2)12-6-8-13(19-3)9-7-12/h6-9,11H,4-5,10,15H2,1-3H3,(H2,16,17,18). The number of benzene rings is 1. The van der Waals surface area contributed by atoms with Gasteiger partial charge in [0, 0.05) is 6.54 Å². The Bertz CT molecular complexity index is 389. The first kappa shape index (κ1) is 15.3. The number of aliphatic imine (C=N–C) groups is 1. The molecule has 0 heterocycles. The van der Waals surface area contributed by atoms with Crippen LogP contribution in [0.1, 0.15) is 38.3 Å². The van der Waals surface area contributed by atoms with Crippen molar-refractivity contribution in [2.75, 3.05) is 13.7 Å². The highest BCUT2D eigenvalue weighted by molar-refractivity contribution is 5.79. The molecular weight excluding hydrogens is 240 g/mol. The molecule has 4 N–H and O–H groups in total. The molecule has 1 aromatic rings. The molecule has 1 unspecified atom stereocenters. The number of unbranched alkanes of at least 4 members (excludes halogenated alkanes) is 1. The maximum absolute atomic E-state index is 5.46. The van der Waals surface area contributed by atoms with Gasteiger partial charge in [-0.1, -0.05) is 25.5 Å². The number of ether oxygens (including phenoxy) is 1. The van der Waals surface area contributed by atoms with Crippen LogP contribution < -0.4 is 21.3 Å². The van der Waals surface area contributed by atoms with Gasteiger partial charge in [0.05, 0.1) is 13.2 Å². The van der Waals surface area contributed by atoms with Gasteiger partial charge in [0.25, 0.3) is 0 Å². The molecule has 0 aromatic heterocycles. The van der Waals surface area contributed by atoms with Crippen molar-refractivity contribution >= 4 is 5.96 Å². The van der Waals surface area contributed by atoms with E-state index >= 15 is 0 Å². The molecule has 0 saturated carbocycles. The van der Waals surface area contributed by atoms with Gasteiger partial charge < -0.3 is 10.1 Å². The molecule has 5 heteroatoms. The van der Waals surface area contributed by atoms with Crippen molar-refractivity contribution in [2.45, 2.75) is 32.7 Å². The SMILES string of the molecule is CCCCN=C(NN)NC(C)c1ccc(OC)cc1. The molecule has 0 fully saturated rings. The monoisotopic (exact) mass is 264 g/mol. The third-order valence-corrected chi connectivity index (χ3v) is 2.89. The summed E-state index contributed by atoms with van der Waals surface area (Å²) in [7, 11) is 1.66. The summed E-state index contributed by atoms with van der Waals surface area (Å²) < 4.78 is 5.14. The Morgan fingerprint density at radius 2 is 2.05 bits per heavy atom. The van der Waals surface area contributed by atoms with Crippen LogP contribution in [-0.2, 0) is 0 Å². The predicted octanol–water partition coefficient (Wildman–Crippen LogP) is 1.97. The van der Waals surface area contributed by atoms with Crippen LogP contribution >= 0.6 is 0 Å². The van der Waals surface area contributed by atoms with E-state index in [9.17, 15) is 0 Å². The molecule has 0 aliphatic rings. The summed E-state index contributed by atoms with van der Waals surface area (Å²) in [4.78, 5) is 4.38. The van der Waals surface area contributed by atoms with Gasteiger partial charge in [-0.15, -0.1) is 0 Å². The molecule has 1 aromatic carbocycles. The smallest absolute Gasteiger partial charge is 0.206 e. The van der Waals surface area contributed by atoms with E-state index in [-0.39, 0.29) is 6.04 Å². The maximum atomic E-state index is 5.46. The maximum Gasteiger partial charge on any atom is 0.206 e. The normalized spacial score (nSPS) is 12.9. The Hall–Kier alpha value is -1.75. The molecule has 0 saturated heterocycles. The Labute approximate surface area is 115 Å². The third kappa shape index (κ3) is 5.18. The minimum atomic E-state index is 0.127. The van der Waals surface area contributed by atoms with Crippen molar-refractivity contribution in [3.05, 3.63) is 29.8 Å². The molecule has 0 radical (unpaired) electrons. The van der Waals surface area contributed by atoms with E-state index in [4.69, 9.17) is 10.6 Å². The molecule has 0 spiro atoms. The highest BCUT2D eigenvalue weighted by Gasteiger charge is 2.07. The first-order valence-electron chi connectivity index (χ1n) is 6.62. The van der Waals surface area contributed by atoms with Crippen LogP contribution in [0.15, 0.2) is 29.3 Å². The van der Waals surface area contributed by atoms with Gasteiger partial charge in [-0.2, -0.15) is 0 Å². The number of nitrogens with two attached hydrogens (primary N) is 1. The summed E-state index contributed by atoms with van der Waals surface area (Å²) in [5, 5.41) is 3.25. The van der Waals surface area contributed by atoms with Crippen molar-refractivity contribution in [1.29, 1.82) is 0 Å². The van der Waals surface area contributed by atoms with Crippen LogP contribution in [0.4, 0.5) is 0 Å². The minimum Gasteiger partial charge on any atom is -0.497 e. The third-order valence-electron chi connectivity index (χ3n) is 2.89. The average molecular weight is 264 g/mol. The van der Waals surface area contributed by atoms with E-state index in [0.29, 0.717) is 5.96 Å². The molecule has 0 aliphatic heterocycles. The van der Waals surface area contributed by atoms with Crippen LogP contribution in [0.5, 0.6) is 5.75 Å². The largest absolute Gasteiger partial charge is 0.497 e. The molecule has 5 nitrogen and oxygen atoms in total. The van der Waals surface area contributed by atoms with Crippen LogP contribution in [-0.4, -0.2) is 19.6 Å². The second-order valence-corrected chi connectivity index (χ2v) is 4.37. The number of rotatable bonds is 6. The topological polar surface area (TPSA) is 71.7 Å². The van der Waals surface area contributed by atoms with Gasteiger partial charge in [0.2, 0.25) is 5.96 Å². The van der Waals surface area contributed by atoms with Gasteiger partial charge in [-0.25, -0.2) is 5.84 Å². The molecular formula is C14H24N4O. The Balaban J connectivity index is 2.60. The van der Waals surface area contributed by atoms with Crippen LogP contribution in [0.2, 0.25) is 0 Å². The number of guanidine groups is 1. The lowest BCUT2D eigenvalue weighted by molar-refractivity contribution is 0.414. The molecule has 1 atom stereocenters. The number of hydrogen-bond acceptors (Lipinski definition) is 3. The van der Waals surface area contributed by atoms with Crippen LogP contribution in [0.25, 0.3) is 0 Å². The number of hydrazine groups is 1. The summed E-state index contributed by atoms with van der Waals surface area (Å²) in [5.41, 5.74) is 3.75. The second-order valence-electron chi connectivity index (χ2n) is 4.37. The molecule has 0 amide bonds. The zero-order chi connectivity index (χ0) is 14.1. The quantitative estimate of drug-likeness (QED) is 0.241. The van der Waals surface area contributed by atoms with E-state index in [1.165, 1.54) is 0 Å². The van der Waals surface area contributed by atoms with Crippen molar-refractivity contribution in [2.24, 2.45) is 10.8 Å². The van der Waals surface area contributed by atoms with Crippen molar-refractivity contribution in [3.63, 3.8) is 0 Å². The van der Waals surface area contributed by atoms with Crippen LogP contribution in [0, 0.1) is 0 Å². The zero-order valence-corrected chi connectivity index (χ0v) is 11.9. The number of methoxy groups -OCH3 is 1. The second kappa shape index (κ2) is 8.37. The fraction of sp³-hybridized carbons (Fsp3) is 0.500. The Morgan fingerprint density at radius 1 is 1.37 bits per heavy atom.